The van der Waals surface area contributed by atoms with Gasteiger partial charge in [-0.15, -0.1) is 11.6 Å². The maximum atomic E-state index is 12.9. The Labute approximate surface area is 248 Å². The number of halogens is 2. The first-order chi connectivity index (χ1) is 19.5. The van der Waals surface area contributed by atoms with Crippen molar-refractivity contribution < 1.29 is 48.3 Å². The van der Waals surface area contributed by atoms with Gasteiger partial charge in [-0.25, -0.2) is 14.4 Å². The van der Waals surface area contributed by atoms with E-state index in [2.05, 4.69) is 15.9 Å². The Hall–Kier alpha value is -3.80. The molecule has 0 bridgehead atoms. The average molecular weight is 650 g/mol. The average Bonchev–Trinajstić information content (AvgIpc) is 3.24. The molecular weight excluding hydrogens is 624 g/mol. The van der Waals surface area contributed by atoms with Crippen LogP contribution < -0.4 is 14.2 Å². The van der Waals surface area contributed by atoms with Gasteiger partial charge >= 0.3 is 17.9 Å². The highest BCUT2D eigenvalue weighted by molar-refractivity contribution is 9.10. The van der Waals surface area contributed by atoms with Crippen LogP contribution in [0, 0.1) is 0 Å². The van der Waals surface area contributed by atoms with Crippen LogP contribution in [0.1, 0.15) is 54.2 Å². The lowest BCUT2D eigenvalue weighted by atomic mass is 9.85. The van der Waals surface area contributed by atoms with E-state index in [0.717, 1.165) is 0 Å². The van der Waals surface area contributed by atoms with Crippen LogP contribution in [0.5, 0.6) is 17.2 Å². The van der Waals surface area contributed by atoms with E-state index < -0.39 is 39.8 Å². The Morgan fingerprint density at radius 1 is 0.829 bits per heavy atom. The highest BCUT2D eigenvalue weighted by Crippen LogP contribution is 2.59. The molecule has 1 heterocycles. The number of alkyl halides is 2. The molecule has 0 aromatic heterocycles. The van der Waals surface area contributed by atoms with Gasteiger partial charge in [-0.1, -0.05) is 15.9 Å². The molecule has 10 nitrogen and oxygen atoms in total. The normalized spacial score (nSPS) is 21.6. The Morgan fingerprint density at radius 2 is 1.32 bits per heavy atom. The van der Waals surface area contributed by atoms with E-state index in [1.807, 2.05) is 0 Å². The zero-order valence-electron chi connectivity index (χ0n) is 22.1. The van der Waals surface area contributed by atoms with E-state index in [-0.39, 0.29) is 34.4 Å². The summed E-state index contributed by atoms with van der Waals surface area (Å²) in [7, 11) is 4.36. The molecular formula is C29H26BrClO10. The van der Waals surface area contributed by atoms with Gasteiger partial charge in [-0.2, -0.15) is 0 Å². The summed E-state index contributed by atoms with van der Waals surface area (Å²) in [6.45, 7) is -0.339. The standard InChI is InChI=1S/C29H26BrClO10/c1-37-16-6-4-15(5-7-16)28(36)40-14-23-24(21-12-17(38-2)8-10-19(21)26(32)33)29(30,31)25(41-23)22-13-18(39-3)9-11-20(22)27(34)35/h4-13,23-25H,14H2,1-3H3,(H,32,33)(H,34,35)/t23-,24+,25?,29+/m0/s1. The van der Waals surface area contributed by atoms with Crippen LogP contribution in [-0.2, 0) is 9.47 Å². The number of rotatable bonds is 10. The highest BCUT2D eigenvalue weighted by atomic mass is 79.9. The maximum Gasteiger partial charge on any atom is 0.338 e. The van der Waals surface area contributed by atoms with Crippen molar-refractivity contribution in [1.82, 2.24) is 0 Å². The Bertz CT molecular complexity index is 1460. The van der Waals surface area contributed by atoms with Gasteiger partial charge in [0, 0.05) is 11.5 Å². The van der Waals surface area contributed by atoms with Crippen molar-refractivity contribution >= 4 is 45.4 Å². The van der Waals surface area contributed by atoms with Crippen LogP contribution in [0.25, 0.3) is 0 Å². The Kier molecular flexibility index (Phi) is 9.11. The SMILES string of the molecule is COc1ccc(C(=O)OC[C@@H]2OC(c3cc(OC)ccc3C(=O)O)[C@@](Cl)(Br)[C@@H]2c2cc(OC)ccc2C(=O)O)cc1. The zero-order valence-corrected chi connectivity index (χ0v) is 24.5. The number of carboxylic acids is 2. The van der Waals surface area contributed by atoms with Crippen LogP contribution >= 0.6 is 27.5 Å². The summed E-state index contributed by atoms with van der Waals surface area (Å²) < 4.78 is 26.1. The lowest BCUT2D eigenvalue weighted by Crippen LogP contribution is -2.31. The summed E-state index contributed by atoms with van der Waals surface area (Å²) >= 11 is 10.7. The van der Waals surface area contributed by atoms with Gasteiger partial charge in [0.25, 0.3) is 0 Å². The lowest BCUT2D eigenvalue weighted by molar-refractivity contribution is -0.0122. The minimum atomic E-state index is -1.60. The van der Waals surface area contributed by atoms with Crippen molar-refractivity contribution in [1.29, 1.82) is 0 Å². The molecule has 12 heteroatoms. The predicted octanol–water partition coefficient (Wildman–Crippen LogP) is 5.52. The fourth-order valence-electron chi connectivity index (χ4n) is 4.75. The van der Waals surface area contributed by atoms with Gasteiger partial charge in [-0.3, -0.25) is 0 Å². The number of aromatic carboxylic acids is 2. The number of carbonyl (C=O) groups is 3. The van der Waals surface area contributed by atoms with Crippen molar-refractivity contribution in [2.45, 2.75) is 21.9 Å². The molecule has 0 aliphatic carbocycles. The smallest absolute Gasteiger partial charge is 0.338 e. The molecule has 1 aliphatic rings. The van der Waals surface area contributed by atoms with Crippen molar-refractivity contribution in [3.63, 3.8) is 0 Å². The predicted molar refractivity (Wildman–Crippen MR) is 151 cm³/mol. The highest BCUT2D eigenvalue weighted by Gasteiger charge is 2.57. The number of hydrogen-bond acceptors (Lipinski definition) is 8. The summed E-state index contributed by atoms with van der Waals surface area (Å²) in [4.78, 5) is 37.3. The fraction of sp³-hybridized carbons (Fsp3) is 0.276. The minimum Gasteiger partial charge on any atom is -0.497 e. The first-order valence-corrected chi connectivity index (χ1v) is 13.4. The van der Waals surface area contributed by atoms with Crippen LogP contribution in [0.4, 0.5) is 0 Å². The second-order valence-corrected chi connectivity index (χ2v) is 11.4. The van der Waals surface area contributed by atoms with E-state index in [1.165, 1.54) is 69.9 Å². The maximum absolute atomic E-state index is 12.9. The van der Waals surface area contributed by atoms with Crippen molar-refractivity contribution in [3.8, 4) is 17.2 Å². The van der Waals surface area contributed by atoms with Gasteiger partial charge < -0.3 is 33.9 Å². The number of carbonyl (C=O) groups excluding carboxylic acids is 1. The first kappa shape index (κ1) is 30.2. The van der Waals surface area contributed by atoms with E-state index in [4.69, 9.17) is 35.3 Å². The third-order valence-corrected chi connectivity index (χ3v) is 8.09. The number of methoxy groups -OCH3 is 3. The molecule has 41 heavy (non-hydrogen) atoms. The summed E-state index contributed by atoms with van der Waals surface area (Å²) in [6.07, 6.45) is -2.16. The molecule has 2 N–H and O–H groups in total. The quantitative estimate of drug-likeness (QED) is 0.213. The molecule has 3 aromatic rings. The fourth-order valence-corrected chi connectivity index (χ4v) is 6.07. The van der Waals surface area contributed by atoms with Crippen molar-refractivity contribution in [3.05, 3.63) is 88.5 Å². The van der Waals surface area contributed by atoms with Crippen molar-refractivity contribution in [2.75, 3.05) is 27.9 Å². The number of hydrogen-bond donors (Lipinski definition) is 2. The molecule has 0 radical (unpaired) electrons. The van der Waals surface area contributed by atoms with Crippen LogP contribution in [0.2, 0.25) is 0 Å². The molecule has 1 saturated heterocycles. The van der Waals surface area contributed by atoms with Gasteiger partial charge in [0.2, 0.25) is 0 Å². The van der Waals surface area contributed by atoms with E-state index in [9.17, 15) is 24.6 Å². The summed E-state index contributed by atoms with van der Waals surface area (Å²) in [5.74, 6) is -2.82. The number of carboxylic acid groups (broad SMARTS) is 2. The molecule has 0 saturated carbocycles. The molecule has 4 atom stereocenters. The number of benzene rings is 3. The van der Waals surface area contributed by atoms with Crippen molar-refractivity contribution in [2.24, 2.45) is 0 Å². The Morgan fingerprint density at radius 3 is 1.83 bits per heavy atom. The summed E-state index contributed by atoms with van der Waals surface area (Å²) in [6, 6.07) is 15.0. The van der Waals surface area contributed by atoms with Gasteiger partial charge in [0.05, 0.1) is 38.0 Å². The van der Waals surface area contributed by atoms with Crippen LogP contribution in [-0.4, -0.2) is 65.9 Å². The van der Waals surface area contributed by atoms with E-state index in [0.29, 0.717) is 17.2 Å². The third-order valence-electron chi connectivity index (χ3n) is 6.75. The summed E-state index contributed by atoms with van der Waals surface area (Å²) in [5, 5.41) is 19.9. The molecule has 216 valence electrons. The Balaban J connectivity index is 1.80. The molecule has 0 spiro atoms. The minimum absolute atomic E-state index is 0.0832. The topological polar surface area (TPSA) is 138 Å². The first-order valence-electron chi connectivity index (χ1n) is 12.2. The molecule has 3 aromatic carbocycles. The van der Waals surface area contributed by atoms with Crippen LogP contribution in [0.3, 0.4) is 0 Å². The number of esters is 1. The zero-order chi connectivity index (χ0) is 29.9. The lowest BCUT2D eigenvalue weighted by Gasteiger charge is -2.29. The second-order valence-electron chi connectivity index (χ2n) is 9.05. The summed E-state index contributed by atoms with van der Waals surface area (Å²) in [5.41, 5.74) is 0.481. The number of ether oxygens (including phenoxy) is 5. The van der Waals surface area contributed by atoms with Gasteiger partial charge in [0.1, 0.15) is 39.8 Å². The molecule has 1 aliphatic heterocycles. The molecule has 4 rings (SSSR count). The molecule has 0 amide bonds. The largest absolute Gasteiger partial charge is 0.497 e. The molecule has 1 fully saturated rings. The third kappa shape index (κ3) is 6.12. The van der Waals surface area contributed by atoms with Gasteiger partial charge in [-0.05, 0) is 66.2 Å². The van der Waals surface area contributed by atoms with E-state index in [1.54, 1.807) is 12.1 Å². The monoisotopic (exact) mass is 648 g/mol. The molecule has 1 unspecified atom stereocenters. The van der Waals surface area contributed by atoms with E-state index >= 15 is 0 Å². The van der Waals surface area contributed by atoms with Gasteiger partial charge in [0.15, 0.2) is 0 Å². The second kappa shape index (κ2) is 12.4. The van der Waals surface area contributed by atoms with Crippen LogP contribution in [0.15, 0.2) is 60.7 Å².